The summed E-state index contributed by atoms with van der Waals surface area (Å²) in [5, 5.41) is 7.27. The van der Waals surface area contributed by atoms with Crippen LogP contribution in [0.1, 0.15) is 33.5 Å². The summed E-state index contributed by atoms with van der Waals surface area (Å²) in [4.78, 5) is 23.9. The van der Waals surface area contributed by atoms with E-state index in [0.717, 1.165) is 37.2 Å². The van der Waals surface area contributed by atoms with E-state index in [-0.39, 0.29) is 17.8 Å². The molecule has 1 amide bonds. The molecule has 0 unspecified atom stereocenters. The van der Waals surface area contributed by atoms with E-state index in [0.29, 0.717) is 24.6 Å². The van der Waals surface area contributed by atoms with Gasteiger partial charge in [0.1, 0.15) is 0 Å². The lowest BCUT2D eigenvalue weighted by Gasteiger charge is -2.27. The Balaban J connectivity index is 1.44. The van der Waals surface area contributed by atoms with E-state index < -0.39 is 0 Å². The van der Waals surface area contributed by atoms with Crippen LogP contribution in [0.3, 0.4) is 0 Å². The van der Waals surface area contributed by atoms with E-state index in [1.54, 1.807) is 12.4 Å². The molecule has 0 spiro atoms. The number of nitrogens with zero attached hydrogens (tertiary/aromatic N) is 5. The Morgan fingerprint density at radius 1 is 1.31 bits per heavy atom. The maximum Gasteiger partial charge on any atom is 0.254 e. The van der Waals surface area contributed by atoms with Crippen molar-refractivity contribution in [2.75, 3.05) is 32.5 Å². The van der Waals surface area contributed by atoms with Crippen LogP contribution >= 0.6 is 0 Å². The lowest BCUT2D eigenvalue weighted by Crippen LogP contribution is -2.34. The van der Waals surface area contributed by atoms with E-state index in [2.05, 4.69) is 46.4 Å². The Bertz CT molecular complexity index is 1170. The van der Waals surface area contributed by atoms with Crippen LogP contribution in [0.25, 0.3) is 17.1 Å². The Kier molecular flexibility index (Phi) is 5.36. The zero-order valence-corrected chi connectivity index (χ0v) is 18.3. The monoisotopic (exact) mass is 433 g/mol. The van der Waals surface area contributed by atoms with E-state index in [1.165, 1.54) is 27.6 Å². The number of carbonyl (C=O) groups is 1. The highest BCUT2D eigenvalue weighted by atomic mass is 16.5. The number of aromatic nitrogens is 4. The standard InChI is InChI=1S/C23H27N7O2/c1-14-7-15(8-16-11-29(2)5-3-19(14)16)20-10-25-21(24)22(28-20)30-12-17(9-26-30)23(31)27-18-4-6-32-13-18/h7-10,12,18H,3-6,11,13H2,1-2H3,(H2,24,25)(H,27,31)/t18-/m1/s1. The van der Waals surface area contributed by atoms with Gasteiger partial charge in [-0.3, -0.25) is 4.79 Å². The summed E-state index contributed by atoms with van der Waals surface area (Å²) in [5.74, 6) is 0.463. The number of amides is 1. The largest absolute Gasteiger partial charge is 0.381 e. The Hall–Kier alpha value is -3.30. The van der Waals surface area contributed by atoms with Gasteiger partial charge in [0.2, 0.25) is 0 Å². The summed E-state index contributed by atoms with van der Waals surface area (Å²) in [5.41, 5.74) is 12.3. The second-order valence-corrected chi connectivity index (χ2v) is 8.59. The van der Waals surface area contributed by atoms with E-state index in [9.17, 15) is 4.79 Å². The predicted octanol–water partition coefficient (Wildman–Crippen LogP) is 1.73. The van der Waals surface area contributed by atoms with Crippen LogP contribution < -0.4 is 11.1 Å². The number of carbonyl (C=O) groups excluding carboxylic acids is 1. The van der Waals surface area contributed by atoms with Crippen molar-refractivity contribution in [3.63, 3.8) is 0 Å². The first kappa shape index (κ1) is 20.6. The van der Waals surface area contributed by atoms with Gasteiger partial charge in [-0.15, -0.1) is 0 Å². The number of fused-ring (bicyclic) bond motifs is 1. The molecule has 32 heavy (non-hydrogen) atoms. The summed E-state index contributed by atoms with van der Waals surface area (Å²) >= 11 is 0. The molecule has 2 aliphatic rings. The highest BCUT2D eigenvalue weighted by molar-refractivity contribution is 5.94. The zero-order chi connectivity index (χ0) is 22.2. The fraction of sp³-hybridized carbons (Fsp3) is 0.391. The zero-order valence-electron chi connectivity index (χ0n) is 18.3. The number of hydrogen-bond donors (Lipinski definition) is 2. The molecule has 3 aromatic rings. The number of nitrogen functional groups attached to an aromatic ring is 1. The van der Waals surface area contributed by atoms with Gasteiger partial charge in [-0.25, -0.2) is 14.6 Å². The average Bonchev–Trinajstić information content (AvgIpc) is 3.46. The van der Waals surface area contributed by atoms with Crippen LogP contribution in [0.5, 0.6) is 0 Å². The summed E-state index contributed by atoms with van der Waals surface area (Å²) in [6, 6.07) is 4.37. The van der Waals surface area contributed by atoms with Gasteiger partial charge >= 0.3 is 0 Å². The molecule has 0 radical (unpaired) electrons. The smallest absolute Gasteiger partial charge is 0.254 e. The van der Waals surface area contributed by atoms with Gasteiger partial charge in [0.15, 0.2) is 11.6 Å². The molecule has 1 saturated heterocycles. The van der Waals surface area contributed by atoms with Gasteiger partial charge < -0.3 is 20.7 Å². The van der Waals surface area contributed by atoms with Gasteiger partial charge in [0, 0.05) is 31.5 Å². The summed E-state index contributed by atoms with van der Waals surface area (Å²) in [7, 11) is 2.14. The van der Waals surface area contributed by atoms with Gasteiger partial charge in [-0.05, 0) is 55.6 Å². The van der Waals surface area contributed by atoms with Crippen LogP contribution in [0.2, 0.25) is 0 Å². The molecule has 0 saturated carbocycles. The Morgan fingerprint density at radius 2 is 2.19 bits per heavy atom. The molecular weight excluding hydrogens is 406 g/mol. The molecule has 0 aliphatic carbocycles. The van der Waals surface area contributed by atoms with Crippen molar-refractivity contribution in [1.29, 1.82) is 0 Å². The first-order valence-corrected chi connectivity index (χ1v) is 10.9. The normalized spacial score (nSPS) is 18.5. The average molecular weight is 434 g/mol. The van der Waals surface area contributed by atoms with Crippen molar-refractivity contribution >= 4 is 11.7 Å². The van der Waals surface area contributed by atoms with Crippen LogP contribution in [0.15, 0.2) is 30.7 Å². The Morgan fingerprint density at radius 3 is 3.00 bits per heavy atom. The number of nitrogens with one attached hydrogen (secondary N) is 1. The predicted molar refractivity (Wildman–Crippen MR) is 120 cm³/mol. The summed E-state index contributed by atoms with van der Waals surface area (Å²) in [6.07, 6.45) is 6.70. The fourth-order valence-corrected chi connectivity index (χ4v) is 4.38. The molecule has 1 fully saturated rings. The van der Waals surface area contributed by atoms with Gasteiger partial charge in [-0.1, -0.05) is 0 Å². The molecule has 3 N–H and O–H groups in total. The summed E-state index contributed by atoms with van der Waals surface area (Å²) in [6.45, 7) is 5.34. The van der Waals surface area contributed by atoms with Crippen molar-refractivity contribution in [2.45, 2.75) is 32.4 Å². The van der Waals surface area contributed by atoms with Crippen LogP contribution in [-0.4, -0.2) is 63.4 Å². The number of hydrogen-bond acceptors (Lipinski definition) is 7. The minimum Gasteiger partial charge on any atom is -0.381 e. The molecule has 166 valence electrons. The first-order valence-electron chi connectivity index (χ1n) is 10.9. The second kappa shape index (κ2) is 8.33. The van der Waals surface area contributed by atoms with Gasteiger partial charge in [0.25, 0.3) is 5.91 Å². The van der Waals surface area contributed by atoms with E-state index in [4.69, 9.17) is 15.5 Å². The highest BCUT2D eigenvalue weighted by Gasteiger charge is 2.21. The molecule has 5 rings (SSSR count). The fourth-order valence-electron chi connectivity index (χ4n) is 4.38. The highest BCUT2D eigenvalue weighted by Crippen LogP contribution is 2.29. The molecule has 1 atom stereocenters. The second-order valence-electron chi connectivity index (χ2n) is 8.59. The lowest BCUT2D eigenvalue weighted by molar-refractivity contribution is 0.0930. The number of rotatable bonds is 4. The molecule has 1 aromatic carbocycles. The Labute approximate surface area is 186 Å². The SMILES string of the molecule is Cc1cc(-c2cnc(N)c(-n3cc(C(=O)N[C@@H]4CCOC4)cn3)n2)cc2c1CCN(C)C2. The minimum absolute atomic E-state index is 0.0327. The molecular formula is C23H27N7O2. The van der Waals surface area contributed by atoms with Crippen LogP contribution in [0, 0.1) is 6.92 Å². The minimum atomic E-state index is -0.191. The number of ether oxygens (including phenoxy) is 1. The molecule has 2 aromatic heterocycles. The topological polar surface area (TPSA) is 111 Å². The molecule has 2 aliphatic heterocycles. The molecule has 0 bridgehead atoms. The van der Waals surface area contributed by atoms with Crippen molar-refractivity contribution in [1.82, 2.24) is 30.0 Å². The maximum atomic E-state index is 12.5. The third kappa shape index (κ3) is 3.96. The number of aryl methyl sites for hydroxylation is 1. The molecule has 9 nitrogen and oxygen atoms in total. The lowest BCUT2D eigenvalue weighted by atomic mass is 9.92. The number of nitrogens with two attached hydrogens (primary N) is 1. The van der Waals surface area contributed by atoms with E-state index in [1.807, 2.05) is 0 Å². The van der Waals surface area contributed by atoms with Crippen molar-refractivity contribution in [2.24, 2.45) is 0 Å². The van der Waals surface area contributed by atoms with Crippen molar-refractivity contribution < 1.29 is 9.53 Å². The number of anilines is 1. The van der Waals surface area contributed by atoms with Crippen LogP contribution in [-0.2, 0) is 17.7 Å². The van der Waals surface area contributed by atoms with Crippen molar-refractivity contribution in [3.8, 4) is 17.1 Å². The van der Waals surface area contributed by atoms with E-state index >= 15 is 0 Å². The van der Waals surface area contributed by atoms with Gasteiger partial charge in [0.05, 0.1) is 36.3 Å². The number of benzene rings is 1. The van der Waals surface area contributed by atoms with Crippen molar-refractivity contribution in [3.05, 3.63) is 53.0 Å². The molecule has 9 heteroatoms. The maximum absolute atomic E-state index is 12.5. The summed E-state index contributed by atoms with van der Waals surface area (Å²) < 4.78 is 6.82. The number of likely N-dealkylation sites (N-methyl/N-ethyl adjacent to an activating group) is 1. The van der Waals surface area contributed by atoms with Crippen LogP contribution in [0.4, 0.5) is 5.82 Å². The third-order valence-electron chi connectivity index (χ3n) is 6.15. The third-order valence-corrected chi connectivity index (χ3v) is 6.15. The first-order chi connectivity index (χ1) is 15.5. The van der Waals surface area contributed by atoms with Gasteiger partial charge in [-0.2, -0.15) is 5.10 Å². The molecule has 4 heterocycles. The quantitative estimate of drug-likeness (QED) is 0.644.